The highest BCUT2D eigenvalue weighted by molar-refractivity contribution is 7.89. The molecule has 2 unspecified atom stereocenters. The van der Waals surface area contributed by atoms with Crippen LogP contribution in [0.5, 0.6) is 0 Å². The summed E-state index contributed by atoms with van der Waals surface area (Å²) in [6.07, 6.45) is -0.0688. The molecular formula is C20H21ClFN3O3S. The Hall–Kier alpha value is -2.02. The van der Waals surface area contributed by atoms with Gasteiger partial charge in [-0.05, 0) is 37.3 Å². The standard InChI is InChI=1S/C20H21ClFN3O3S/c1-14-13-25(8-9-28-14)19(20-17(21)6-3-7-18(20)22)12-24-29(26,27)16-5-2-4-15(10-16)11-23/h2-7,10,14,19,24H,8-9,12-13H2,1H3. The summed E-state index contributed by atoms with van der Waals surface area (Å²) in [6.45, 7) is 3.32. The lowest BCUT2D eigenvalue weighted by molar-refractivity contribution is -0.0342. The number of morpholine rings is 1. The molecule has 1 aliphatic heterocycles. The topological polar surface area (TPSA) is 82.4 Å². The molecule has 2 aromatic carbocycles. The number of halogens is 2. The van der Waals surface area contributed by atoms with E-state index >= 15 is 0 Å². The van der Waals surface area contributed by atoms with E-state index in [1.165, 1.54) is 36.4 Å². The van der Waals surface area contributed by atoms with Gasteiger partial charge >= 0.3 is 0 Å². The van der Waals surface area contributed by atoms with Crippen LogP contribution >= 0.6 is 11.6 Å². The number of ether oxygens (including phenoxy) is 1. The molecule has 0 bridgehead atoms. The average Bonchev–Trinajstić information content (AvgIpc) is 2.70. The molecule has 1 aliphatic rings. The molecule has 0 spiro atoms. The molecule has 2 atom stereocenters. The van der Waals surface area contributed by atoms with Crippen LogP contribution in [0.3, 0.4) is 0 Å². The molecule has 154 valence electrons. The fourth-order valence-corrected chi connectivity index (χ4v) is 4.75. The Labute approximate surface area is 174 Å². The fourth-order valence-electron chi connectivity index (χ4n) is 3.38. The third kappa shape index (κ3) is 5.13. The third-order valence-electron chi connectivity index (χ3n) is 4.79. The van der Waals surface area contributed by atoms with E-state index < -0.39 is 21.9 Å². The second-order valence-corrected chi connectivity index (χ2v) is 8.99. The van der Waals surface area contributed by atoms with Gasteiger partial charge in [0.2, 0.25) is 10.0 Å². The summed E-state index contributed by atoms with van der Waals surface area (Å²) in [5, 5.41) is 9.25. The first-order chi connectivity index (χ1) is 13.8. The zero-order valence-corrected chi connectivity index (χ0v) is 17.4. The molecule has 6 nitrogen and oxygen atoms in total. The second-order valence-electron chi connectivity index (χ2n) is 6.82. The highest BCUT2D eigenvalue weighted by atomic mass is 35.5. The number of rotatable bonds is 6. The van der Waals surface area contributed by atoms with Gasteiger partial charge in [0.15, 0.2) is 0 Å². The summed E-state index contributed by atoms with van der Waals surface area (Å²) in [5.41, 5.74) is 0.486. The predicted molar refractivity (Wildman–Crippen MR) is 107 cm³/mol. The Balaban J connectivity index is 1.90. The van der Waals surface area contributed by atoms with Crippen molar-refractivity contribution < 1.29 is 17.5 Å². The van der Waals surface area contributed by atoms with Crippen LogP contribution in [0.2, 0.25) is 5.02 Å². The van der Waals surface area contributed by atoms with Crippen LogP contribution in [0.15, 0.2) is 47.4 Å². The number of nitrogens with one attached hydrogen (secondary N) is 1. The summed E-state index contributed by atoms with van der Waals surface area (Å²) in [7, 11) is -3.90. The smallest absolute Gasteiger partial charge is 0.240 e. The van der Waals surface area contributed by atoms with Crippen molar-refractivity contribution in [1.82, 2.24) is 9.62 Å². The van der Waals surface area contributed by atoms with Crippen molar-refractivity contribution in [3.05, 3.63) is 64.4 Å². The lowest BCUT2D eigenvalue weighted by atomic mass is 10.0. The van der Waals surface area contributed by atoms with E-state index in [0.717, 1.165) is 0 Å². The number of sulfonamides is 1. The Kier molecular flexibility index (Phi) is 6.88. The van der Waals surface area contributed by atoms with Crippen LogP contribution in [0.4, 0.5) is 4.39 Å². The number of hydrogen-bond acceptors (Lipinski definition) is 5. The molecule has 1 N–H and O–H groups in total. The lowest BCUT2D eigenvalue weighted by Gasteiger charge is -2.38. The summed E-state index contributed by atoms with van der Waals surface area (Å²) in [4.78, 5) is 1.94. The molecule has 1 fully saturated rings. The Bertz CT molecular complexity index is 1010. The van der Waals surface area contributed by atoms with E-state index in [4.69, 9.17) is 21.6 Å². The van der Waals surface area contributed by atoms with Gasteiger partial charge in [-0.1, -0.05) is 23.7 Å². The molecule has 0 saturated carbocycles. The van der Waals surface area contributed by atoms with Crippen LogP contribution < -0.4 is 4.72 Å². The first kappa shape index (κ1) is 21.7. The van der Waals surface area contributed by atoms with Gasteiger partial charge in [-0.2, -0.15) is 5.26 Å². The first-order valence-corrected chi connectivity index (χ1v) is 11.0. The molecule has 29 heavy (non-hydrogen) atoms. The van der Waals surface area contributed by atoms with Crippen molar-refractivity contribution in [2.45, 2.75) is 24.0 Å². The van der Waals surface area contributed by atoms with E-state index in [1.807, 2.05) is 17.9 Å². The quantitative estimate of drug-likeness (QED) is 0.750. The monoisotopic (exact) mass is 437 g/mol. The average molecular weight is 438 g/mol. The largest absolute Gasteiger partial charge is 0.376 e. The molecule has 0 amide bonds. The van der Waals surface area contributed by atoms with Crippen molar-refractivity contribution in [2.24, 2.45) is 0 Å². The number of hydrogen-bond donors (Lipinski definition) is 1. The minimum Gasteiger partial charge on any atom is -0.376 e. The zero-order valence-electron chi connectivity index (χ0n) is 15.8. The first-order valence-electron chi connectivity index (χ1n) is 9.11. The van der Waals surface area contributed by atoms with E-state index in [-0.39, 0.29) is 33.7 Å². The molecule has 3 rings (SSSR count). The highest BCUT2D eigenvalue weighted by Crippen LogP contribution is 2.31. The van der Waals surface area contributed by atoms with E-state index in [2.05, 4.69) is 4.72 Å². The minimum absolute atomic E-state index is 0.0229. The van der Waals surface area contributed by atoms with E-state index in [1.54, 1.807) is 6.07 Å². The van der Waals surface area contributed by atoms with Gasteiger partial charge in [0.05, 0.1) is 35.3 Å². The molecule has 1 saturated heterocycles. The molecule has 9 heteroatoms. The van der Waals surface area contributed by atoms with Crippen molar-refractivity contribution in [3.8, 4) is 6.07 Å². The van der Waals surface area contributed by atoms with Gasteiger partial charge in [-0.15, -0.1) is 0 Å². The Morgan fingerprint density at radius 2 is 2.14 bits per heavy atom. The number of benzene rings is 2. The molecule has 0 radical (unpaired) electrons. The number of nitriles is 1. The summed E-state index contributed by atoms with van der Waals surface area (Å²) in [6, 6.07) is 11.4. The Morgan fingerprint density at radius 1 is 1.38 bits per heavy atom. The summed E-state index contributed by atoms with van der Waals surface area (Å²) in [5.74, 6) is -0.493. The maximum atomic E-state index is 14.6. The summed E-state index contributed by atoms with van der Waals surface area (Å²) < 4.78 is 48.3. The van der Waals surface area contributed by atoms with Crippen molar-refractivity contribution in [1.29, 1.82) is 5.26 Å². The van der Waals surface area contributed by atoms with Gasteiger partial charge in [-0.3, -0.25) is 4.90 Å². The molecular weight excluding hydrogens is 417 g/mol. The van der Waals surface area contributed by atoms with Crippen LogP contribution in [0.1, 0.15) is 24.1 Å². The second kappa shape index (κ2) is 9.20. The van der Waals surface area contributed by atoms with Gasteiger partial charge in [0.25, 0.3) is 0 Å². The van der Waals surface area contributed by atoms with Gasteiger partial charge < -0.3 is 4.74 Å². The molecule has 2 aromatic rings. The predicted octanol–water partition coefficient (Wildman–Crippen LogP) is 3.09. The van der Waals surface area contributed by atoms with Crippen LogP contribution in [-0.2, 0) is 14.8 Å². The van der Waals surface area contributed by atoms with E-state index in [0.29, 0.717) is 19.7 Å². The number of nitrogens with zero attached hydrogens (tertiary/aromatic N) is 2. The third-order valence-corrected chi connectivity index (χ3v) is 6.54. The normalized spacial score (nSPS) is 18.9. The van der Waals surface area contributed by atoms with Crippen LogP contribution in [0, 0.1) is 17.1 Å². The fraction of sp³-hybridized carbons (Fsp3) is 0.350. The molecule has 0 aromatic heterocycles. The molecule has 0 aliphatic carbocycles. The minimum atomic E-state index is -3.90. The summed E-state index contributed by atoms with van der Waals surface area (Å²) >= 11 is 6.28. The van der Waals surface area contributed by atoms with Crippen LogP contribution in [-0.4, -0.2) is 45.7 Å². The van der Waals surface area contributed by atoms with E-state index in [9.17, 15) is 12.8 Å². The lowest BCUT2D eigenvalue weighted by Crippen LogP contribution is -2.46. The zero-order chi connectivity index (χ0) is 21.0. The van der Waals surface area contributed by atoms with Gasteiger partial charge in [0, 0.05) is 30.2 Å². The Morgan fingerprint density at radius 3 is 2.83 bits per heavy atom. The van der Waals surface area contributed by atoms with Crippen LogP contribution in [0.25, 0.3) is 0 Å². The van der Waals surface area contributed by atoms with Gasteiger partial charge in [0.1, 0.15) is 5.82 Å². The van der Waals surface area contributed by atoms with Crippen molar-refractivity contribution in [3.63, 3.8) is 0 Å². The SMILES string of the molecule is CC1CN(C(CNS(=O)(=O)c2cccc(C#N)c2)c2c(F)cccc2Cl)CCO1. The maximum absolute atomic E-state index is 14.6. The van der Waals surface area contributed by atoms with Crippen molar-refractivity contribution >= 4 is 21.6 Å². The van der Waals surface area contributed by atoms with Crippen molar-refractivity contribution in [2.75, 3.05) is 26.2 Å². The molecule has 1 heterocycles. The maximum Gasteiger partial charge on any atom is 0.240 e. The highest BCUT2D eigenvalue weighted by Gasteiger charge is 2.30. The van der Waals surface area contributed by atoms with Gasteiger partial charge in [-0.25, -0.2) is 17.5 Å².